The largest absolute Gasteiger partial charge is 0.351 e. The van der Waals surface area contributed by atoms with E-state index in [9.17, 15) is 4.79 Å². The van der Waals surface area contributed by atoms with Crippen LogP contribution in [0.5, 0.6) is 0 Å². The van der Waals surface area contributed by atoms with Crippen LogP contribution in [0.15, 0.2) is 49.2 Å². The van der Waals surface area contributed by atoms with Crippen LogP contribution in [-0.2, 0) is 11.3 Å². The van der Waals surface area contributed by atoms with Crippen molar-refractivity contribution in [3.63, 3.8) is 0 Å². The Morgan fingerprint density at radius 2 is 2.20 bits per heavy atom. The molecule has 1 unspecified atom stereocenters. The summed E-state index contributed by atoms with van der Waals surface area (Å²) in [6.07, 6.45) is 3.45. The van der Waals surface area contributed by atoms with E-state index in [0.717, 1.165) is 16.5 Å². The normalized spacial score (nSPS) is 12.1. The van der Waals surface area contributed by atoms with Crippen molar-refractivity contribution in [3.05, 3.63) is 54.7 Å². The van der Waals surface area contributed by atoms with Crippen molar-refractivity contribution < 1.29 is 4.79 Å². The molecule has 0 spiro atoms. The summed E-state index contributed by atoms with van der Waals surface area (Å²) >= 11 is 0. The number of hydrogen-bond acceptors (Lipinski definition) is 3. The Hall–Kier alpha value is -2.20. The fourth-order valence-electron chi connectivity index (χ4n) is 1.99. The molecule has 20 heavy (non-hydrogen) atoms. The van der Waals surface area contributed by atoms with Crippen LogP contribution in [-0.4, -0.2) is 23.5 Å². The molecule has 0 fully saturated rings. The highest BCUT2D eigenvalue weighted by molar-refractivity contribution is 5.82. The van der Waals surface area contributed by atoms with Crippen molar-refractivity contribution >= 4 is 16.8 Å². The molecule has 2 aromatic rings. The predicted octanol–water partition coefficient (Wildman–Crippen LogP) is 2.02. The Bertz CT molecular complexity index is 604. The lowest BCUT2D eigenvalue weighted by Gasteiger charge is -2.14. The highest BCUT2D eigenvalue weighted by Gasteiger charge is 2.11. The molecule has 104 valence electrons. The van der Waals surface area contributed by atoms with Crippen molar-refractivity contribution in [1.82, 2.24) is 15.6 Å². The maximum atomic E-state index is 11.7. The number of aromatic nitrogens is 1. The van der Waals surface area contributed by atoms with Gasteiger partial charge in [-0.3, -0.25) is 9.78 Å². The Labute approximate surface area is 118 Å². The smallest absolute Gasteiger partial charge is 0.237 e. The van der Waals surface area contributed by atoms with E-state index in [2.05, 4.69) is 22.2 Å². The Balaban J connectivity index is 2.02. The number of para-hydroxylation sites is 1. The summed E-state index contributed by atoms with van der Waals surface area (Å²) < 4.78 is 0. The van der Waals surface area contributed by atoms with Crippen molar-refractivity contribution in [3.8, 4) is 0 Å². The number of pyridine rings is 1. The van der Waals surface area contributed by atoms with Gasteiger partial charge in [0.05, 0.1) is 11.6 Å². The first-order chi connectivity index (χ1) is 9.72. The molecule has 1 aromatic heterocycles. The molecule has 2 N–H and O–H groups in total. The van der Waals surface area contributed by atoms with E-state index in [1.807, 2.05) is 37.3 Å². The molecular formula is C16H19N3O. The van der Waals surface area contributed by atoms with E-state index >= 15 is 0 Å². The molecule has 1 heterocycles. The van der Waals surface area contributed by atoms with Crippen molar-refractivity contribution in [2.45, 2.75) is 19.5 Å². The van der Waals surface area contributed by atoms with E-state index in [1.54, 1.807) is 12.3 Å². The van der Waals surface area contributed by atoms with Gasteiger partial charge in [0.25, 0.3) is 0 Å². The first-order valence-corrected chi connectivity index (χ1v) is 6.67. The molecule has 1 aromatic carbocycles. The average molecular weight is 269 g/mol. The molecule has 0 radical (unpaired) electrons. The summed E-state index contributed by atoms with van der Waals surface area (Å²) in [5, 5.41) is 7.09. The van der Waals surface area contributed by atoms with Crippen LogP contribution in [0.25, 0.3) is 10.9 Å². The topological polar surface area (TPSA) is 54.0 Å². The zero-order valence-corrected chi connectivity index (χ0v) is 11.6. The van der Waals surface area contributed by atoms with Crippen LogP contribution in [0.1, 0.15) is 12.5 Å². The molecule has 0 aliphatic heterocycles. The third kappa shape index (κ3) is 3.42. The summed E-state index contributed by atoms with van der Waals surface area (Å²) in [5.41, 5.74) is 2.06. The number of carbonyl (C=O) groups excluding carboxylic acids is 1. The minimum Gasteiger partial charge on any atom is -0.351 e. The van der Waals surface area contributed by atoms with Gasteiger partial charge in [-0.2, -0.15) is 0 Å². The van der Waals surface area contributed by atoms with E-state index in [4.69, 9.17) is 0 Å². The molecule has 0 aliphatic carbocycles. The van der Waals surface area contributed by atoms with Crippen molar-refractivity contribution in [1.29, 1.82) is 0 Å². The van der Waals surface area contributed by atoms with Gasteiger partial charge in [0.1, 0.15) is 0 Å². The number of hydrogen-bond donors (Lipinski definition) is 2. The summed E-state index contributed by atoms with van der Waals surface area (Å²) in [6, 6.07) is 9.76. The van der Waals surface area contributed by atoms with Gasteiger partial charge >= 0.3 is 0 Å². The van der Waals surface area contributed by atoms with Gasteiger partial charge in [0.15, 0.2) is 0 Å². The predicted molar refractivity (Wildman–Crippen MR) is 81.3 cm³/mol. The Morgan fingerprint density at radius 1 is 1.40 bits per heavy atom. The van der Waals surface area contributed by atoms with Gasteiger partial charge in [-0.1, -0.05) is 30.3 Å². The zero-order valence-electron chi connectivity index (χ0n) is 11.6. The Kier molecular flexibility index (Phi) is 4.85. The lowest BCUT2D eigenvalue weighted by Crippen LogP contribution is -2.41. The van der Waals surface area contributed by atoms with E-state index < -0.39 is 0 Å². The molecule has 0 aliphatic rings. The number of fused-ring (bicyclic) bond motifs is 1. The number of nitrogens with zero attached hydrogens (tertiary/aromatic N) is 1. The molecule has 0 bridgehead atoms. The number of rotatable bonds is 6. The maximum absolute atomic E-state index is 11.7. The zero-order chi connectivity index (χ0) is 14.4. The first-order valence-electron chi connectivity index (χ1n) is 6.67. The number of amides is 1. The third-order valence-corrected chi connectivity index (χ3v) is 3.13. The minimum absolute atomic E-state index is 0.0295. The lowest BCUT2D eigenvalue weighted by atomic mass is 10.1. The SMILES string of the molecule is C=CCNC(=O)C(C)NCc1cccc2cccnc12. The average Bonchev–Trinajstić information content (AvgIpc) is 2.50. The van der Waals surface area contributed by atoms with Crippen LogP contribution in [0.3, 0.4) is 0 Å². The summed E-state index contributed by atoms with van der Waals surface area (Å²) in [5.74, 6) is -0.0295. The highest BCUT2D eigenvalue weighted by Crippen LogP contribution is 2.15. The number of carbonyl (C=O) groups is 1. The molecular weight excluding hydrogens is 250 g/mol. The minimum atomic E-state index is -0.256. The lowest BCUT2D eigenvalue weighted by molar-refractivity contribution is -0.122. The summed E-state index contributed by atoms with van der Waals surface area (Å²) in [7, 11) is 0. The van der Waals surface area contributed by atoms with E-state index in [-0.39, 0.29) is 11.9 Å². The van der Waals surface area contributed by atoms with Crippen LogP contribution >= 0.6 is 0 Å². The summed E-state index contributed by atoms with van der Waals surface area (Å²) in [4.78, 5) is 16.1. The molecule has 4 heteroatoms. The molecule has 1 amide bonds. The third-order valence-electron chi connectivity index (χ3n) is 3.13. The van der Waals surface area contributed by atoms with E-state index in [1.165, 1.54) is 0 Å². The van der Waals surface area contributed by atoms with Gasteiger partial charge in [0, 0.05) is 24.7 Å². The second-order valence-electron chi connectivity index (χ2n) is 4.63. The van der Waals surface area contributed by atoms with Crippen LogP contribution in [0.4, 0.5) is 0 Å². The van der Waals surface area contributed by atoms with Crippen molar-refractivity contribution in [2.24, 2.45) is 0 Å². The maximum Gasteiger partial charge on any atom is 0.237 e. The van der Waals surface area contributed by atoms with Crippen LogP contribution < -0.4 is 10.6 Å². The summed E-state index contributed by atoms with van der Waals surface area (Å²) in [6.45, 7) is 6.52. The first kappa shape index (κ1) is 14.2. The Morgan fingerprint density at radius 3 is 3.00 bits per heavy atom. The molecule has 4 nitrogen and oxygen atoms in total. The molecule has 2 rings (SSSR count). The standard InChI is InChI=1S/C16H19N3O/c1-3-9-18-16(20)12(2)19-11-14-7-4-6-13-8-5-10-17-15(13)14/h3-8,10,12,19H,1,9,11H2,2H3,(H,18,20). The van der Waals surface area contributed by atoms with Gasteiger partial charge in [-0.25, -0.2) is 0 Å². The second kappa shape index (κ2) is 6.82. The van der Waals surface area contributed by atoms with Crippen LogP contribution in [0, 0.1) is 0 Å². The van der Waals surface area contributed by atoms with Gasteiger partial charge in [-0.15, -0.1) is 6.58 Å². The number of nitrogens with one attached hydrogen (secondary N) is 2. The monoisotopic (exact) mass is 269 g/mol. The van der Waals surface area contributed by atoms with Crippen molar-refractivity contribution in [2.75, 3.05) is 6.54 Å². The second-order valence-corrected chi connectivity index (χ2v) is 4.63. The fraction of sp³-hybridized carbons (Fsp3) is 0.250. The van der Waals surface area contributed by atoms with E-state index in [0.29, 0.717) is 13.1 Å². The molecule has 0 saturated heterocycles. The molecule has 1 atom stereocenters. The van der Waals surface area contributed by atoms with Crippen LogP contribution in [0.2, 0.25) is 0 Å². The van der Waals surface area contributed by atoms with Gasteiger partial charge in [-0.05, 0) is 18.6 Å². The van der Waals surface area contributed by atoms with Gasteiger partial charge in [0.2, 0.25) is 5.91 Å². The van der Waals surface area contributed by atoms with Gasteiger partial charge < -0.3 is 10.6 Å². The fourth-order valence-corrected chi connectivity index (χ4v) is 1.99. The quantitative estimate of drug-likeness (QED) is 0.789. The molecule has 0 saturated carbocycles. The number of benzene rings is 1. The highest BCUT2D eigenvalue weighted by atomic mass is 16.2.